The van der Waals surface area contributed by atoms with Gasteiger partial charge in [0.05, 0.1) is 0 Å². The Morgan fingerprint density at radius 2 is 1.65 bits per heavy atom. The summed E-state index contributed by atoms with van der Waals surface area (Å²) in [5.74, 6) is 0.781. The zero-order valence-electron chi connectivity index (χ0n) is 12.5. The molecule has 0 aromatic carbocycles. The summed E-state index contributed by atoms with van der Waals surface area (Å²) in [6, 6.07) is 2.30. The van der Waals surface area contributed by atoms with Gasteiger partial charge < -0.3 is 5.32 Å². The molecule has 0 unspecified atom stereocenters. The van der Waals surface area contributed by atoms with Crippen molar-refractivity contribution in [2.75, 3.05) is 13.1 Å². The third-order valence-corrected chi connectivity index (χ3v) is 3.90. The maximum Gasteiger partial charge on any atom is 0.00992 e. The van der Waals surface area contributed by atoms with Crippen molar-refractivity contribution in [2.45, 2.75) is 78.4 Å². The lowest BCUT2D eigenvalue weighted by Gasteiger charge is -2.40. The molecule has 0 bridgehead atoms. The molecule has 0 atom stereocenters. The minimum atomic E-state index is 0.693. The highest BCUT2D eigenvalue weighted by Crippen LogP contribution is 2.25. The minimum absolute atomic E-state index is 0.693. The molecule has 0 aromatic heterocycles. The molecule has 0 aliphatic heterocycles. The van der Waals surface area contributed by atoms with Crippen molar-refractivity contribution in [3.8, 4) is 0 Å². The SMILES string of the molecule is CCNC1CCC(N(CC(C)C)C(C)C)CC1. The van der Waals surface area contributed by atoms with Gasteiger partial charge in [-0.1, -0.05) is 20.8 Å². The fraction of sp³-hybridized carbons (Fsp3) is 1.00. The van der Waals surface area contributed by atoms with Crippen molar-refractivity contribution >= 4 is 0 Å². The molecule has 2 nitrogen and oxygen atoms in total. The van der Waals surface area contributed by atoms with Gasteiger partial charge in [0.1, 0.15) is 0 Å². The minimum Gasteiger partial charge on any atom is -0.314 e. The van der Waals surface area contributed by atoms with Crippen LogP contribution in [0.1, 0.15) is 60.3 Å². The van der Waals surface area contributed by atoms with Crippen molar-refractivity contribution in [1.29, 1.82) is 0 Å². The Morgan fingerprint density at radius 1 is 1.06 bits per heavy atom. The average molecular weight is 240 g/mol. The monoisotopic (exact) mass is 240 g/mol. The highest BCUT2D eigenvalue weighted by Gasteiger charge is 2.27. The van der Waals surface area contributed by atoms with E-state index in [4.69, 9.17) is 0 Å². The van der Waals surface area contributed by atoms with Crippen LogP contribution in [0.4, 0.5) is 0 Å². The zero-order chi connectivity index (χ0) is 12.8. The second-order valence-corrected chi connectivity index (χ2v) is 6.25. The Morgan fingerprint density at radius 3 is 2.06 bits per heavy atom. The first kappa shape index (κ1) is 15.0. The molecule has 102 valence electrons. The predicted molar refractivity (Wildman–Crippen MR) is 76.4 cm³/mol. The highest BCUT2D eigenvalue weighted by molar-refractivity contribution is 4.84. The van der Waals surface area contributed by atoms with Gasteiger partial charge in [-0.05, 0) is 52.0 Å². The Hall–Kier alpha value is -0.0800. The smallest absolute Gasteiger partial charge is 0.00992 e. The van der Waals surface area contributed by atoms with E-state index in [1.165, 1.54) is 32.2 Å². The van der Waals surface area contributed by atoms with Crippen molar-refractivity contribution in [3.05, 3.63) is 0 Å². The van der Waals surface area contributed by atoms with Crippen LogP contribution < -0.4 is 5.32 Å². The first-order chi connectivity index (χ1) is 8.04. The summed E-state index contributed by atoms with van der Waals surface area (Å²) >= 11 is 0. The van der Waals surface area contributed by atoms with E-state index in [0.29, 0.717) is 6.04 Å². The summed E-state index contributed by atoms with van der Waals surface area (Å²) in [6.07, 6.45) is 5.48. The van der Waals surface area contributed by atoms with Crippen molar-refractivity contribution in [1.82, 2.24) is 10.2 Å². The molecule has 1 N–H and O–H groups in total. The molecule has 0 amide bonds. The first-order valence-electron chi connectivity index (χ1n) is 7.53. The first-order valence-corrected chi connectivity index (χ1v) is 7.53. The molecule has 0 radical (unpaired) electrons. The molecule has 1 fully saturated rings. The summed E-state index contributed by atoms with van der Waals surface area (Å²) in [4.78, 5) is 2.73. The summed E-state index contributed by atoms with van der Waals surface area (Å²) in [7, 11) is 0. The normalized spacial score (nSPS) is 26.1. The molecule has 1 rings (SSSR count). The third kappa shape index (κ3) is 4.97. The quantitative estimate of drug-likeness (QED) is 0.766. The largest absolute Gasteiger partial charge is 0.314 e. The van der Waals surface area contributed by atoms with E-state index >= 15 is 0 Å². The second-order valence-electron chi connectivity index (χ2n) is 6.25. The number of rotatable bonds is 6. The van der Waals surface area contributed by atoms with Gasteiger partial charge >= 0.3 is 0 Å². The second kappa shape index (κ2) is 7.38. The molecular weight excluding hydrogens is 208 g/mol. The fourth-order valence-electron chi connectivity index (χ4n) is 3.10. The van der Waals surface area contributed by atoms with E-state index in [1.54, 1.807) is 0 Å². The molecular formula is C15H32N2. The van der Waals surface area contributed by atoms with Crippen LogP contribution in [0.25, 0.3) is 0 Å². The summed E-state index contributed by atoms with van der Waals surface area (Å²) in [5, 5.41) is 3.60. The van der Waals surface area contributed by atoms with Gasteiger partial charge in [0.15, 0.2) is 0 Å². The van der Waals surface area contributed by atoms with Crippen molar-refractivity contribution < 1.29 is 0 Å². The lowest BCUT2D eigenvalue weighted by molar-refractivity contribution is 0.0979. The summed E-state index contributed by atoms with van der Waals surface area (Å²) in [5.41, 5.74) is 0. The van der Waals surface area contributed by atoms with Crippen LogP contribution in [-0.4, -0.2) is 36.1 Å². The van der Waals surface area contributed by atoms with Crippen molar-refractivity contribution in [2.24, 2.45) is 5.92 Å². The van der Waals surface area contributed by atoms with E-state index < -0.39 is 0 Å². The Bertz CT molecular complexity index is 193. The number of nitrogens with zero attached hydrogens (tertiary/aromatic N) is 1. The molecule has 1 saturated carbocycles. The molecule has 2 heteroatoms. The van der Waals surface area contributed by atoms with Gasteiger partial charge in [0.25, 0.3) is 0 Å². The Kier molecular flexibility index (Phi) is 6.50. The van der Waals surface area contributed by atoms with Crippen LogP contribution in [0.15, 0.2) is 0 Å². The third-order valence-electron chi connectivity index (χ3n) is 3.90. The van der Waals surface area contributed by atoms with Gasteiger partial charge in [-0.15, -0.1) is 0 Å². The van der Waals surface area contributed by atoms with E-state index in [1.807, 2.05) is 0 Å². The zero-order valence-corrected chi connectivity index (χ0v) is 12.5. The van der Waals surface area contributed by atoms with Crippen LogP contribution in [0, 0.1) is 5.92 Å². The molecule has 0 heterocycles. The molecule has 1 aliphatic carbocycles. The standard InChI is InChI=1S/C15H32N2/c1-6-16-14-7-9-15(10-8-14)17(13(4)5)11-12(2)3/h12-16H,6-11H2,1-5H3. The van der Waals surface area contributed by atoms with Gasteiger partial charge in [-0.2, -0.15) is 0 Å². The van der Waals surface area contributed by atoms with E-state index in [0.717, 1.165) is 24.5 Å². The lowest BCUT2D eigenvalue weighted by Crippen LogP contribution is -2.46. The predicted octanol–water partition coefficient (Wildman–Crippen LogP) is 3.27. The van der Waals surface area contributed by atoms with Crippen LogP contribution in [0.3, 0.4) is 0 Å². The number of nitrogens with one attached hydrogen (secondary N) is 1. The van der Waals surface area contributed by atoms with E-state index in [-0.39, 0.29) is 0 Å². The van der Waals surface area contributed by atoms with Gasteiger partial charge in [-0.25, -0.2) is 0 Å². The Balaban J connectivity index is 2.43. The maximum absolute atomic E-state index is 3.60. The van der Waals surface area contributed by atoms with Gasteiger partial charge in [0.2, 0.25) is 0 Å². The lowest BCUT2D eigenvalue weighted by atomic mass is 9.89. The molecule has 17 heavy (non-hydrogen) atoms. The van der Waals surface area contributed by atoms with Crippen molar-refractivity contribution in [3.63, 3.8) is 0 Å². The number of hydrogen-bond donors (Lipinski definition) is 1. The molecule has 0 saturated heterocycles. The topological polar surface area (TPSA) is 15.3 Å². The van der Waals surface area contributed by atoms with E-state index in [2.05, 4.69) is 44.8 Å². The molecule has 0 aromatic rings. The Labute approximate surface area is 108 Å². The molecule has 1 aliphatic rings. The van der Waals surface area contributed by atoms with Crippen LogP contribution in [0.5, 0.6) is 0 Å². The van der Waals surface area contributed by atoms with Crippen LogP contribution in [-0.2, 0) is 0 Å². The summed E-state index contributed by atoms with van der Waals surface area (Å²) < 4.78 is 0. The highest BCUT2D eigenvalue weighted by atomic mass is 15.2. The average Bonchev–Trinajstić information content (AvgIpc) is 2.27. The van der Waals surface area contributed by atoms with Crippen LogP contribution in [0.2, 0.25) is 0 Å². The van der Waals surface area contributed by atoms with E-state index in [9.17, 15) is 0 Å². The van der Waals surface area contributed by atoms with Gasteiger partial charge in [0, 0.05) is 24.7 Å². The fourth-order valence-corrected chi connectivity index (χ4v) is 3.10. The summed E-state index contributed by atoms with van der Waals surface area (Å²) in [6.45, 7) is 13.9. The number of hydrogen-bond acceptors (Lipinski definition) is 2. The molecule has 0 spiro atoms. The maximum atomic E-state index is 3.60. The van der Waals surface area contributed by atoms with Crippen LogP contribution >= 0.6 is 0 Å². The van der Waals surface area contributed by atoms with Gasteiger partial charge in [-0.3, -0.25) is 4.90 Å².